The van der Waals surface area contributed by atoms with Gasteiger partial charge in [0.15, 0.2) is 0 Å². The number of ether oxygens (including phenoxy) is 1. The molecule has 29 heavy (non-hydrogen) atoms. The first-order valence-corrected chi connectivity index (χ1v) is 9.75. The third-order valence-corrected chi connectivity index (χ3v) is 3.68. The number of hydrogen-bond donors (Lipinski definition) is 1. The van der Waals surface area contributed by atoms with Gasteiger partial charge < -0.3 is 10.5 Å². The summed E-state index contributed by atoms with van der Waals surface area (Å²) in [5, 5.41) is 9.62. The monoisotopic (exact) mass is 413 g/mol. The maximum Gasteiger partial charge on any atom is 0.119 e. The third-order valence-electron chi connectivity index (χ3n) is 3.30. The third kappa shape index (κ3) is 9.64. The molecule has 0 spiro atoms. The molecule has 0 radical (unpaired) electrons. The largest absolute Gasteiger partial charge is 0.497 e. The summed E-state index contributed by atoms with van der Waals surface area (Å²) in [5.74, 6) is 0.771. The number of benzene rings is 1. The van der Waals surface area contributed by atoms with Crippen LogP contribution in [0.5, 0.6) is 5.75 Å². The van der Waals surface area contributed by atoms with Crippen molar-refractivity contribution < 1.29 is 4.74 Å². The van der Waals surface area contributed by atoms with E-state index in [1.54, 1.807) is 19.5 Å². The minimum atomic E-state index is 0.444. The molecule has 4 nitrogen and oxygen atoms in total. The van der Waals surface area contributed by atoms with Crippen molar-refractivity contribution in [3.63, 3.8) is 0 Å². The van der Waals surface area contributed by atoms with Gasteiger partial charge in [0, 0.05) is 23.7 Å². The fourth-order valence-electron chi connectivity index (χ4n) is 1.94. The normalized spacial score (nSPS) is 9.45. The fourth-order valence-corrected chi connectivity index (χ4v) is 2.02. The Morgan fingerprint density at radius 2 is 1.79 bits per heavy atom. The Hall–Kier alpha value is -3.03. The van der Waals surface area contributed by atoms with E-state index in [1.165, 1.54) is 12.2 Å². The molecule has 2 N–H and O–H groups in total. The second-order valence-corrected chi connectivity index (χ2v) is 5.34. The van der Waals surface area contributed by atoms with Gasteiger partial charge in [0.05, 0.1) is 17.7 Å². The number of aryl methyl sites for hydroxylation is 1. The quantitative estimate of drug-likeness (QED) is 0.562. The molecule has 1 heterocycles. The molecule has 0 aliphatic carbocycles. The van der Waals surface area contributed by atoms with E-state index in [1.807, 2.05) is 58.9 Å². The summed E-state index contributed by atoms with van der Waals surface area (Å²) < 4.78 is 5.18. The number of aromatic nitrogens is 1. The number of pyridine rings is 1. The number of nitriles is 1. The van der Waals surface area contributed by atoms with Crippen molar-refractivity contribution in [3.8, 4) is 22.9 Å². The van der Waals surface area contributed by atoms with E-state index in [2.05, 4.69) is 24.2 Å². The van der Waals surface area contributed by atoms with Crippen LogP contribution in [0, 0.1) is 18.3 Å². The molecule has 0 amide bonds. The fraction of sp³-hybridized carbons (Fsp3) is 0.250. The van der Waals surface area contributed by atoms with Crippen molar-refractivity contribution in [2.45, 2.75) is 34.6 Å². The van der Waals surface area contributed by atoms with Gasteiger partial charge in [-0.3, -0.25) is 4.98 Å². The predicted octanol–water partition coefficient (Wildman–Crippen LogP) is 6.76. The Bertz CT molecular complexity index is 820. The Balaban J connectivity index is 0. The number of allylic oxidation sites excluding steroid dienone is 3. The van der Waals surface area contributed by atoms with E-state index in [0.717, 1.165) is 22.4 Å². The molecule has 156 valence electrons. The van der Waals surface area contributed by atoms with Crippen molar-refractivity contribution in [3.05, 3.63) is 83.8 Å². The lowest BCUT2D eigenvalue weighted by atomic mass is 9.99. The minimum Gasteiger partial charge on any atom is -0.497 e. The smallest absolute Gasteiger partial charge is 0.119 e. The Labute approximate surface area is 181 Å². The highest BCUT2D eigenvalue weighted by molar-refractivity contribution is 6.31. The number of methoxy groups -OCH3 is 1. The standard InChI is InChI=1S/C14H12N2O.C6H8ClN.2C2H6/c1-10-8-16-9-14(13(10)7-15)11-4-3-5-12(6-11)17-2;1-3-5(7)6(8)4-2;2*1-2/h3-6,8-9H,1-2H3;3-4H,1-2,8H2;2*1-2H3/b;6-5-;;. The molecule has 0 saturated carbocycles. The van der Waals surface area contributed by atoms with Gasteiger partial charge in [0.2, 0.25) is 0 Å². The molecule has 0 aliphatic rings. The van der Waals surface area contributed by atoms with Gasteiger partial charge in [-0.05, 0) is 42.3 Å². The summed E-state index contributed by atoms with van der Waals surface area (Å²) >= 11 is 5.48. The first-order chi connectivity index (χ1) is 14.0. The molecule has 0 atom stereocenters. The highest BCUT2D eigenvalue weighted by Crippen LogP contribution is 2.27. The van der Waals surface area contributed by atoms with Gasteiger partial charge in [0.25, 0.3) is 0 Å². The Kier molecular flexibility index (Phi) is 16.6. The molecular weight excluding hydrogens is 382 g/mol. The van der Waals surface area contributed by atoms with Crippen LogP contribution in [-0.2, 0) is 0 Å². The van der Waals surface area contributed by atoms with Crippen LogP contribution >= 0.6 is 11.6 Å². The molecule has 0 unspecified atom stereocenters. The number of rotatable bonds is 4. The van der Waals surface area contributed by atoms with E-state index < -0.39 is 0 Å². The van der Waals surface area contributed by atoms with Gasteiger partial charge in [0.1, 0.15) is 11.8 Å². The first-order valence-electron chi connectivity index (χ1n) is 9.37. The summed E-state index contributed by atoms with van der Waals surface area (Å²) in [6, 6.07) is 9.84. The topological polar surface area (TPSA) is 71.9 Å². The molecule has 2 aromatic rings. The molecule has 0 aliphatic heterocycles. The molecule has 0 fully saturated rings. The van der Waals surface area contributed by atoms with Crippen LogP contribution in [0.25, 0.3) is 11.1 Å². The van der Waals surface area contributed by atoms with E-state index in [-0.39, 0.29) is 0 Å². The zero-order valence-electron chi connectivity index (χ0n) is 18.3. The van der Waals surface area contributed by atoms with Crippen molar-refractivity contribution in [2.75, 3.05) is 7.11 Å². The van der Waals surface area contributed by atoms with Gasteiger partial charge >= 0.3 is 0 Å². The number of nitrogens with two attached hydrogens (primary N) is 1. The van der Waals surface area contributed by atoms with Crippen LogP contribution < -0.4 is 10.5 Å². The average molecular weight is 414 g/mol. The van der Waals surface area contributed by atoms with Crippen molar-refractivity contribution in [1.82, 2.24) is 4.98 Å². The van der Waals surface area contributed by atoms with E-state index in [9.17, 15) is 5.26 Å². The van der Waals surface area contributed by atoms with E-state index >= 15 is 0 Å². The predicted molar refractivity (Wildman–Crippen MR) is 126 cm³/mol. The summed E-state index contributed by atoms with van der Waals surface area (Å²) in [4.78, 5) is 4.13. The first kappa shape index (κ1) is 28.2. The van der Waals surface area contributed by atoms with Crippen molar-refractivity contribution >= 4 is 11.6 Å². The summed E-state index contributed by atoms with van der Waals surface area (Å²) in [6.45, 7) is 16.7. The van der Waals surface area contributed by atoms with Crippen LogP contribution in [0.1, 0.15) is 38.8 Å². The number of nitrogens with zero attached hydrogens (tertiary/aromatic N) is 2. The van der Waals surface area contributed by atoms with Crippen molar-refractivity contribution in [1.29, 1.82) is 5.26 Å². The molecule has 0 bridgehead atoms. The number of halogens is 1. The van der Waals surface area contributed by atoms with Crippen LogP contribution in [0.4, 0.5) is 0 Å². The maximum atomic E-state index is 9.18. The SMILES string of the molecule is C=C/C(N)=C(/Cl)C=C.CC.CC.COc1cccc(-c2cncc(C)c2C#N)c1. The Morgan fingerprint density at radius 3 is 2.24 bits per heavy atom. The molecule has 2 rings (SSSR count). The van der Waals surface area contributed by atoms with Crippen molar-refractivity contribution in [2.24, 2.45) is 5.73 Å². The van der Waals surface area contributed by atoms with Gasteiger partial charge in [-0.15, -0.1) is 0 Å². The zero-order chi connectivity index (χ0) is 22.8. The lowest BCUT2D eigenvalue weighted by molar-refractivity contribution is 0.415. The molecular formula is C24H32ClN3O. The second-order valence-electron chi connectivity index (χ2n) is 4.93. The van der Waals surface area contributed by atoms with Gasteiger partial charge in [-0.25, -0.2) is 0 Å². The summed E-state index contributed by atoms with van der Waals surface area (Å²) in [7, 11) is 1.62. The summed E-state index contributed by atoms with van der Waals surface area (Å²) in [6.07, 6.45) is 6.35. The molecule has 0 saturated heterocycles. The van der Waals surface area contributed by atoms with Crippen LogP contribution in [0.3, 0.4) is 0 Å². The van der Waals surface area contributed by atoms with Gasteiger partial charge in [-0.1, -0.05) is 64.6 Å². The maximum absolute atomic E-state index is 9.18. The minimum absolute atomic E-state index is 0.444. The van der Waals surface area contributed by atoms with E-state index in [4.69, 9.17) is 22.1 Å². The van der Waals surface area contributed by atoms with Crippen LogP contribution in [-0.4, -0.2) is 12.1 Å². The second kappa shape index (κ2) is 17.1. The summed E-state index contributed by atoms with van der Waals surface area (Å²) in [5.41, 5.74) is 9.07. The molecule has 1 aromatic heterocycles. The lowest BCUT2D eigenvalue weighted by Crippen LogP contribution is -1.92. The highest BCUT2D eigenvalue weighted by atomic mass is 35.5. The van der Waals surface area contributed by atoms with Crippen LogP contribution in [0.15, 0.2) is 72.7 Å². The zero-order valence-corrected chi connectivity index (χ0v) is 19.0. The highest BCUT2D eigenvalue weighted by Gasteiger charge is 2.08. The van der Waals surface area contributed by atoms with E-state index in [0.29, 0.717) is 16.3 Å². The molecule has 5 heteroatoms. The Morgan fingerprint density at radius 1 is 1.17 bits per heavy atom. The van der Waals surface area contributed by atoms with Gasteiger partial charge in [-0.2, -0.15) is 5.26 Å². The average Bonchev–Trinajstić information content (AvgIpc) is 2.80. The lowest BCUT2D eigenvalue weighted by Gasteiger charge is -2.07. The van der Waals surface area contributed by atoms with Crippen LogP contribution in [0.2, 0.25) is 0 Å². The number of hydrogen-bond acceptors (Lipinski definition) is 4. The molecule has 1 aromatic carbocycles.